The molecule has 0 heterocycles. The average molecular weight is 196 g/mol. The summed E-state index contributed by atoms with van der Waals surface area (Å²) in [4.78, 5) is 20.1. The number of non-ortho nitro benzene ring substituents is 1. The molecule has 0 saturated carbocycles. The van der Waals surface area contributed by atoms with Crippen molar-refractivity contribution in [3.05, 3.63) is 33.9 Å². The van der Waals surface area contributed by atoms with Crippen LogP contribution in [0.15, 0.2) is 18.2 Å². The summed E-state index contributed by atoms with van der Waals surface area (Å²) < 4.78 is 0. The van der Waals surface area contributed by atoms with Crippen LogP contribution in [0.5, 0.6) is 0 Å². The summed E-state index contributed by atoms with van der Waals surface area (Å²) in [6, 6.07) is 4.05. The van der Waals surface area contributed by atoms with Crippen molar-refractivity contribution < 1.29 is 14.8 Å². The fourth-order valence-corrected chi connectivity index (χ4v) is 1.06. The Morgan fingerprint density at radius 1 is 1.50 bits per heavy atom. The van der Waals surface area contributed by atoms with E-state index in [0.29, 0.717) is 5.56 Å². The molecule has 0 spiro atoms. The molecule has 74 valence electrons. The van der Waals surface area contributed by atoms with E-state index in [1.54, 1.807) is 6.92 Å². The van der Waals surface area contributed by atoms with Gasteiger partial charge in [0.05, 0.1) is 10.6 Å². The van der Waals surface area contributed by atoms with Crippen LogP contribution in [0, 0.1) is 17.0 Å². The number of rotatable bonds is 2. The van der Waals surface area contributed by atoms with Gasteiger partial charge in [0, 0.05) is 12.1 Å². The summed E-state index contributed by atoms with van der Waals surface area (Å²) in [5, 5.41) is 20.9. The van der Waals surface area contributed by atoms with Gasteiger partial charge in [0.1, 0.15) is 0 Å². The number of benzene rings is 1. The first-order valence-electron chi connectivity index (χ1n) is 3.75. The molecule has 6 heteroatoms. The van der Waals surface area contributed by atoms with E-state index in [-0.39, 0.29) is 11.4 Å². The fourth-order valence-electron chi connectivity index (χ4n) is 1.06. The molecule has 0 atom stereocenters. The summed E-state index contributed by atoms with van der Waals surface area (Å²) in [5.41, 5.74) is 0.695. The first-order chi connectivity index (χ1) is 6.49. The molecular weight excluding hydrogens is 188 g/mol. The smallest absolute Gasteiger partial charge is 0.409 e. The zero-order valence-corrected chi connectivity index (χ0v) is 7.35. The Labute approximate surface area is 79.3 Å². The Kier molecular flexibility index (Phi) is 2.66. The molecule has 0 fully saturated rings. The van der Waals surface area contributed by atoms with Gasteiger partial charge in [0.15, 0.2) is 0 Å². The number of carboxylic acid groups (broad SMARTS) is 1. The Bertz CT molecular complexity index is 389. The molecule has 0 aliphatic carbocycles. The van der Waals surface area contributed by atoms with E-state index in [1.165, 1.54) is 18.2 Å². The molecule has 0 aliphatic heterocycles. The van der Waals surface area contributed by atoms with Gasteiger partial charge < -0.3 is 5.11 Å². The molecule has 1 rings (SSSR count). The molecule has 1 aromatic rings. The Morgan fingerprint density at radius 2 is 2.14 bits per heavy atom. The van der Waals surface area contributed by atoms with Crippen LogP contribution in [0.3, 0.4) is 0 Å². The SMILES string of the molecule is Cc1cc(NC(=O)O)cc([N+](=O)[O-])c1. The molecule has 0 unspecified atom stereocenters. The zero-order valence-electron chi connectivity index (χ0n) is 7.35. The van der Waals surface area contributed by atoms with E-state index in [2.05, 4.69) is 5.32 Å². The van der Waals surface area contributed by atoms with Crippen LogP contribution in [-0.2, 0) is 0 Å². The summed E-state index contributed by atoms with van der Waals surface area (Å²) in [5.74, 6) is 0. The highest BCUT2D eigenvalue weighted by molar-refractivity contribution is 5.83. The Hall–Kier alpha value is -2.11. The van der Waals surface area contributed by atoms with E-state index in [0.717, 1.165) is 0 Å². The highest BCUT2D eigenvalue weighted by Crippen LogP contribution is 2.20. The molecule has 6 nitrogen and oxygen atoms in total. The van der Waals surface area contributed by atoms with Gasteiger partial charge >= 0.3 is 6.09 Å². The highest BCUT2D eigenvalue weighted by Gasteiger charge is 2.08. The third-order valence-corrected chi connectivity index (χ3v) is 1.52. The summed E-state index contributed by atoms with van der Waals surface area (Å²) in [6.45, 7) is 1.65. The summed E-state index contributed by atoms with van der Waals surface area (Å²) in [6.07, 6.45) is -1.25. The standard InChI is InChI=1S/C8H8N2O4/c1-5-2-6(9-8(11)12)4-7(3-5)10(13)14/h2-4,9H,1H3,(H,11,12). The Morgan fingerprint density at radius 3 is 2.64 bits per heavy atom. The van der Waals surface area contributed by atoms with Gasteiger partial charge in [-0.25, -0.2) is 4.79 Å². The van der Waals surface area contributed by atoms with Crippen LogP contribution in [-0.4, -0.2) is 16.1 Å². The van der Waals surface area contributed by atoms with Crippen molar-refractivity contribution in [2.45, 2.75) is 6.92 Å². The van der Waals surface area contributed by atoms with Gasteiger partial charge in [-0.3, -0.25) is 15.4 Å². The maximum absolute atomic E-state index is 10.4. The minimum atomic E-state index is -1.25. The van der Waals surface area contributed by atoms with Crippen LogP contribution >= 0.6 is 0 Å². The van der Waals surface area contributed by atoms with Crippen LogP contribution in [0.4, 0.5) is 16.2 Å². The van der Waals surface area contributed by atoms with Crippen LogP contribution < -0.4 is 5.32 Å². The fraction of sp³-hybridized carbons (Fsp3) is 0.125. The van der Waals surface area contributed by atoms with Gasteiger partial charge in [-0.1, -0.05) is 0 Å². The number of amides is 1. The number of nitrogens with zero attached hydrogens (tertiary/aromatic N) is 1. The molecule has 0 radical (unpaired) electrons. The van der Waals surface area contributed by atoms with Crippen LogP contribution in [0.2, 0.25) is 0 Å². The maximum atomic E-state index is 10.4. The molecule has 0 aromatic heterocycles. The number of anilines is 1. The summed E-state index contributed by atoms with van der Waals surface area (Å²) >= 11 is 0. The molecule has 2 N–H and O–H groups in total. The lowest BCUT2D eigenvalue weighted by Gasteiger charge is -2.01. The molecular formula is C8H8N2O4. The van der Waals surface area contributed by atoms with Gasteiger partial charge in [0.25, 0.3) is 5.69 Å². The first kappa shape index (κ1) is 9.97. The largest absolute Gasteiger partial charge is 0.465 e. The lowest BCUT2D eigenvalue weighted by atomic mass is 10.2. The van der Waals surface area contributed by atoms with Gasteiger partial charge in [-0.05, 0) is 18.6 Å². The van der Waals surface area contributed by atoms with Crippen molar-refractivity contribution in [3.63, 3.8) is 0 Å². The van der Waals surface area contributed by atoms with E-state index in [1.807, 2.05) is 0 Å². The third-order valence-electron chi connectivity index (χ3n) is 1.52. The summed E-state index contributed by atoms with van der Waals surface area (Å²) in [7, 11) is 0. The zero-order chi connectivity index (χ0) is 10.7. The second kappa shape index (κ2) is 3.73. The van der Waals surface area contributed by atoms with Gasteiger partial charge in [0.2, 0.25) is 0 Å². The van der Waals surface area contributed by atoms with E-state index < -0.39 is 11.0 Å². The lowest BCUT2D eigenvalue weighted by Crippen LogP contribution is -2.07. The maximum Gasteiger partial charge on any atom is 0.409 e. The second-order valence-corrected chi connectivity index (χ2v) is 2.74. The third kappa shape index (κ3) is 2.44. The van der Waals surface area contributed by atoms with Gasteiger partial charge in [-0.2, -0.15) is 0 Å². The van der Waals surface area contributed by atoms with Crippen molar-refractivity contribution in [2.75, 3.05) is 5.32 Å². The number of hydrogen-bond acceptors (Lipinski definition) is 3. The monoisotopic (exact) mass is 196 g/mol. The molecule has 0 saturated heterocycles. The minimum absolute atomic E-state index is 0.131. The van der Waals surface area contributed by atoms with E-state index >= 15 is 0 Å². The molecule has 0 aliphatic rings. The van der Waals surface area contributed by atoms with E-state index in [9.17, 15) is 14.9 Å². The molecule has 0 bridgehead atoms. The van der Waals surface area contributed by atoms with Crippen LogP contribution in [0.25, 0.3) is 0 Å². The van der Waals surface area contributed by atoms with Crippen molar-refractivity contribution in [3.8, 4) is 0 Å². The average Bonchev–Trinajstić information content (AvgIpc) is 2.01. The predicted molar refractivity (Wildman–Crippen MR) is 49.5 cm³/mol. The number of nitro benzene ring substituents is 1. The second-order valence-electron chi connectivity index (χ2n) is 2.74. The predicted octanol–water partition coefficient (Wildman–Crippen LogP) is 1.99. The van der Waals surface area contributed by atoms with E-state index in [4.69, 9.17) is 5.11 Å². The number of nitrogens with one attached hydrogen (secondary N) is 1. The minimum Gasteiger partial charge on any atom is -0.465 e. The van der Waals surface area contributed by atoms with Crippen molar-refractivity contribution >= 4 is 17.5 Å². The quantitative estimate of drug-likeness (QED) is 0.558. The molecule has 1 amide bonds. The molecule has 1 aromatic carbocycles. The number of carbonyl (C=O) groups is 1. The number of aryl methyl sites for hydroxylation is 1. The van der Waals surface area contributed by atoms with Crippen molar-refractivity contribution in [1.29, 1.82) is 0 Å². The normalized spacial score (nSPS) is 9.50. The Balaban J connectivity index is 3.07. The topological polar surface area (TPSA) is 92.5 Å². The number of hydrogen-bond donors (Lipinski definition) is 2. The molecule has 14 heavy (non-hydrogen) atoms. The number of nitro groups is 1. The highest BCUT2D eigenvalue weighted by atomic mass is 16.6. The first-order valence-corrected chi connectivity index (χ1v) is 3.75. The van der Waals surface area contributed by atoms with Crippen molar-refractivity contribution in [1.82, 2.24) is 0 Å². The van der Waals surface area contributed by atoms with Crippen LogP contribution in [0.1, 0.15) is 5.56 Å². The van der Waals surface area contributed by atoms with Gasteiger partial charge in [-0.15, -0.1) is 0 Å². The van der Waals surface area contributed by atoms with Crippen molar-refractivity contribution in [2.24, 2.45) is 0 Å². The lowest BCUT2D eigenvalue weighted by molar-refractivity contribution is -0.384.